The Morgan fingerprint density at radius 1 is 1.58 bits per heavy atom. The summed E-state index contributed by atoms with van der Waals surface area (Å²) < 4.78 is 4.53. The molecule has 0 rings (SSSR count). The van der Waals surface area contributed by atoms with Gasteiger partial charge in [-0.3, -0.25) is 0 Å². The Morgan fingerprint density at radius 2 is 2.17 bits per heavy atom. The van der Waals surface area contributed by atoms with Crippen molar-refractivity contribution in [2.45, 2.75) is 13.8 Å². The second kappa shape index (κ2) is 5.55. The number of nitrogens with two attached hydrogens (primary N) is 1. The van der Waals surface area contributed by atoms with Crippen LogP contribution in [0, 0.1) is 0 Å². The maximum Gasteiger partial charge on any atom is 0.333 e. The fourth-order valence-corrected chi connectivity index (χ4v) is 0.758. The van der Waals surface area contributed by atoms with E-state index >= 15 is 0 Å². The molecule has 0 aliphatic carbocycles. The molecule has 3 heteroatoms. The highest BCUT2D eigenvalue weighted by molar-refractivity contribution is 5.88. The van der Waals surface area contributed by atoms with E-state index in [0.29, 0.717) is 12.1 Å². The summed E-state index contributed by atoms with van der Waals surface area (Å²) >= 11 is 0. The van der Waals surface area contributed by atoms with Crippen LogP contribution in [0.25, 0.3) is 0 Å². The zero-order chi connectivity index (χ0) is 9.56. The topological polar surface area (TPSA) is 52.3 Å². The van der Waals surface area contributed by atoms with Crippen LogP contribution < -0.4 is 5.73 Å². The standard InChI is InChI=1S/C9H15NO2/c1-4-8(6-10)5-7(2)9(11)12-3/h4-5H,6,10H2,1-3H3/b7-5+,8-4+. The van der Waals surface area contributed by atoms with E-state index in [4.69, 9.17) is 5.73 Å². The van der Waals surface area contributed by atoms with Crippen molar-refractivity contribution in [2.75, 3.05) is 13.7 Å². The first-order chi connectivity index (χ1) is 5.65. The average Bonchev–Trinajstić information content (AvgIpc) is 2.12. The summed E-state index contributed by atoms with van der Waals surface area (Å²) in [6.45, 7) is 4.01. The van der Waals surface area contributed by atoms with Crippen LogP contribution in [0.5, 0.6) is 0 Å². The largest absolute Gasteiger partial charge is 0.466 e. The second-order valence-electron chi connectivity index (χ2n) is 2.39. The molecule has 0 aliphatic rings. The molecule has 0 unspecified atom stereocenters. The van der Waals surface area contributed by atoms with Gasteiger partial charge >= 0.3 is 5.97 Å². The molecule has 0 spiro atoms. The molecule has 0 fully saturated rings. The Hall–Kier alpha value is -1.09. The number of carbonyl (C=O) groups excluding carboxylic acids is 1. The van der Waals surface area contributed by atoms with Crippen molar-refractivity contribution in [1.82, 2.24) is 0 Å². The minimum absolute atomic E-state index is 0.317. The quantitative estimate of drug-likeness (QED) is 0.389. The van der Waals surface area contributed by atoms with Gasteiger partial charge in [0.2, 0.25) is 0 Å². The van der Waals surface area contributed by atoms with Gasteiger partial charge < -0.3 is 10.5 Å². The average molecular weight is 169 g/mol. The third-order valence-corrected chi connectivity index (χ3v) is 1.52. The molecule has 68 valence electrons. The molecule has 0 saturated heterocycles. The third-order valence-electron chi connectivity index (χ3n) is 1.52. The Balaban J connectivity index is 4.44. The summed E-state index contributed by atoms with van der Waals surface area (Å²) in [5.74, 6) is -0.317. The van der Waals surface area contributed by atoms with Crippen LogP contribution >= 0.6 is 0 Å². The zero-order valence-corrected chi connectivity index (χ0v) is 7.76. The molecule has 0 aromatic rings. The monoisotopic (exact) mass is 169 g/mol. The van der Waals surface area contributed by atoms with E-state index in [1.807, 2.05) is 13.0 Å². The van der Waals surface area contributed by atoms with Gasteiger partial charge in [0.1, 0.15) is 0 Å². The second-order valence-corrected chi connectivity index (χ2v) is 2.39. The smallest absolute Gasteiger partial charge is 0.333 e. The molecule has 3 nitrogen and oxygen atoms in total. The number of methoxy groups -OCH3 is 1. The highest BCUT2D eigenvalue weighted by Gasteiger charge is 2.02. The van der Waals surface area contributed by atoms with E-state index in [1.54, 1.807) is 13.0 Å². The molecule has 0 atom stereocenters. The first-order valence-electron chi connectivity index (χ1n) is 3.77. The summed E-state index contributed by atoms with van der Waals surface area (Å²) in [6.07, 6.45) is 3.60. The van der Waals surface area contributed by atoms with Crippen LogP contribution in [-0.2, 0) is 9.53 Å². The number of allylic oxidation sites excluding steroid dienone is 1. The lowest BCUT2D eigenvalue weighted by Gasteiger charge is -1.99. The van der Waals surface area contributed by atoms with E-state index in [9.17, 15) is 4.79 Å². The van der Waals surface area contributed by atoms with Crippen LogP contribution in [0.3, 0.4) is 0 Å². The molecule has 2 N–H and O–H groups in total. The third kappa shape index (κ3) is 3.34. The minimum Gasteiger partial charge on any atom is -0.466 e. The summed E-state index contributed by atoms with van der Waals surface area (Å²) in [4.78, 5) is 10.9. The van der Waals surface area contributed by atoms with Gasteiger partial charge in [-0.15, -0.1) is 0 Å². The Kier molecular flexibility index (Phi) is 5.04. The first-order valence-corrected chi connectivity index (χ1v) is 3.77. The molecule has 0 aromatic heterocycles. The normalized spacial score (nSPS) is 13.0. The molecule has 0 saturated carbocycles. The molecule has 0 radical (unpaired) electrons. The molecular formula is C9H15NO2. The predicted molar refractivity (Wildman–Crippen MR) is 48.6 cm³/mol. The van der Waals surface area contributed by atoms with Crippen molar-refractivity contribution in [2.24, 2.45) is 5.73 Å². The number of hydrogen-bond donors (Lipinski definition) is 1. The number of rotatable bonds is 3. The fourth-order valence-electron chi connectivity index (χ4n) is 0.758. The summed E-state index contributed by atoms with van der Waals surface area (Å²) in [5, 5.41) is 0. The van der Waals surface area contributed by atoms with Gasteiger partial charge in [0.15, 0.2) is 0 Å². The lowest BCUT2D eigenvalue weighted by atomic mass is 10.1. The summed E-state index contributed by atoms with van der Waals surface area (Å²) in [7, 11) is 1.36. The van der Waals surface area contributed by atoms with E-state index in [-0.39, 0.29) is 5.97 Å². The van der Waals surface area contributed by atoms with Gasteiger partial charge in [-0.2, -0.15) is 0 Å². The van der Waals surface area contributed by atoms with E-state index in [0.717, 1.165) is 5.57 Å². The van der Waals surface area contributed by atoms with E-state index in [2.05, 4.69) is 4.74 Å². The van der Waals surface area contributed by atoms with Crippen LogP contribution in [-0.4, -0.2) is 19.6 Å². The summed E-state index contributed by atoms with van der Waals surface area (Å²) in [5.41, 5.74) is 6.90. The van der Waals surface area contributed by atoms with Gasteiger partial charge in [-0.25, -0.2) is 4.79 Å². The molecular weight excluding hydrogens is 154 g/mol. The summed E-state index contributed by atoms with van der Waals surface area (Å²) in [6, 6.07) is 0. The van der Waals surface area contributed by atoms with Gasteiger partial charge in [0.25, 0.3) is 0 Å². The van der Waals surface area contributed by atoms with Crippen molar-refractivity contribution in [3.8, 4) is 0 Å². The lowest BCUT2D eigenvalue weighted by molar-refractivity contribution is -0.136. The van der Waals surface area contributed by atoms with Crippen molar-refractivity contribution < 1.29 is 9.53 Å². The van der Waals surface area contributed by atoms with E-state index < -0.39 is 0 Å². The van der Waals surface area contributed by atoms with Crippen LogP contribution in [0.15, 0.2) is 23.3 Å². The van der Waals surface area contributed by atoms with Crippen molar-refractivity contribution in [3.05, 3.63) is 23.3 Å². The van der Waals surface area contributed by atoms with E-state index in [1.165, 1.54) is 7.11 Å². The number of ether oxygens (including phenoxy) is 1. The number of carbonyl (C=O) groups is 1. The van der Waals surface area contributed by atoms with Gasteiger partial charge in [-0.05, 0) is 25.5 Å². The zero-order valence-electron chi connectivity index (χ0n) is 7.76. The maximum atomic E-state index is 10.9. The van der Waals surface area contributed by atoms with Gasteiger partial charge in [-0.1, -0.05) is 6.08 Å². The predicted octanol–water partition coefficient (Wildman–Crippen LogP) is 1.01. The van der Waals surface area contributed by atoms with Crippen molar-refractivity contribution >= 4 is 5.97 Å². The highest BCUT2D eigenvalue weighted by atomic mass is 16.5. The van der Waals surface area contributed by atoms with Gasteiger partial charge in [0.05, 0.1) is 7.11 Å². The number of esters is 1. The van der Waals surface area contributed by atoms with Crippen molar-refractivity contribution in [1.29, 1.82) is 0 Å². The maximum absolute atomic E-state index is 10.9. The van der Waals surface area contributed by atoms with Gasteiger partial charge in [0, 0.05) is 12.1 Å². The Labute approximate surface area is 72.9 Å². The molecule has 12 heavy (non-hydrogen) atoms. The molecule has 0 aliphatic heterocycles. The number of hydrogen-bond acceptors (Lipinski definition) is 3. The fraction of sp³-hybridized carbons (Fsp3) is 0.444. The lowest BCUT2D eigenvalue weighted by Crippen LogP contribution is -2.05. The minimum atomic E-state index is -0.317. The Morgan fingerprint density at radius 3 is 2.50 bits per heavy atom. The van der Waals surface area contributed by atoms with Crippen LogP contribution in [0.1, 0.15) is 13.8 Å². The molecule has 0 heterocycles. The molecule has 0 bridgehead atoms. The highest BCUT2D eigenvalue weighted by Crippen LogP contribution is 2.02. The van der Waals surface area contributed by atoms with Crippen LogP contribution in [0.2, 0.25) is 0 Å². The first kappa shape index (κ1) is 10.9. The molecule has 0 aromatic carbocycles. The SMILES string of the molecule is C/C=C(\C=C(/C)C(=O)OC)CN. The van der Waals surface area contributed by atoms with Crippen LogP contribution in [0.4, 0.5) is 0 Å². The van der Waals surface area contributed by atoms with Crippen molar-refractivity contribution in [3.63, 3.8) is 0 Å². The molecule has 0 amide bonds. The Bertz CT molecular complexity index is 217.